The number of aromatic amines is 1. The van der Waals surface area contributed by atoms with E-state index >= 15 is 0 Å². The van der Waals surface area contributed by atoms with Crippen molar-refractivity contribution in [3.63, 3.8) is 0 Å². The quantitative estimate of drug-likeness (QED) is 0.438. The van der Waals surface area contributed by atoms with Gasteiger partial charge < -0.3 is 14.5 Å². The number of imidazole rings is 1. The standard InChI is InChI=1S/C23H23N3O4S/c1-29-21-10-6-9-16(22(21)30-2)13-14-24-31(27,28)18-11-12-19-20(15-18)26-23(25-19)17-7-4-3-5-8-17/h3-12,15,24H,13-14H2,1-2H3,(H,25,26). The largest absolute Gasteiger partial charge is 0.493 e. The van der Waals surface area contributed by atoms with Crippen molar-refractivity contribution >= 4 is 21.1 Å². The Morgan fingerprint density at radius 1 is 0.968 bits per heavy atom. The van der Waals surface area contributed by atoms with Gasteiger partial charge in [-0.1, -0.05) is 42.5 Å². The van der Waals surface area contributed by atoms with Gasteiger partial charge in [0.15, 0.2) is 11.5 Å². The molecule has 0 unspecified atom stereocenters. The van der Waals surface area contributed by atoms with Crippen LogP contribution in [-0.4, -0.2) is 39.2 Å². The number of aromatic nitrogens is 2. The molecular formula is C23H23N3O4S. The Morgan fingerprint density at radius 2 is 1.77 bits per heavy atom. The molecule has 0 saturated carbocycles. The number of sulfonamides is 1. The molecule has 7 nitrogen and oxygen atoms in total. The molecule has 0 atom stereocenters. The maximum absolute atomic E-state index is 12.8. The van der Waals surface area contributed by atoms with E-state index in [9.17, 15) is 8.42 Å². The molecule has 0 amide bonds. The van der Waals surface area contributed by atoms with E-state index in [1.54, 1.807) is 38.5 Å². The third-order valence-electron chi connectivity index (χ3n) is 4.98. The maximum Gasteiger partial charge on any atom is 0.240 e. The summed E-state index contributed by atoms with van der Waals surface area (Å²) in [6.07, 6.45) is 0.462. The fourth-order valence-corrected chi connectivity index (χ4v) is 4.50. The molecule has 3 aromatic carbocycles. The van der Waals surface area contributed by atoms with Crippen molar-refractivity contribution in [2.75, 3.05) is 20.8 Å². The predicted octanol–water partition coefficient (Wildman–Crippen LogP) is 3.77. The molecule has 8 heteroatoms. The number of para-hydroxylation sites is 1. The average Bonchev–Trinajstić information content (AvgIpc) is 3.23. The van der Waals surface area contributed by atoms with E-state index in [4.69, 9.17) is 9.47 Å². The summed E-state index contributed by atoms with van der Waals surface area (Å²) in [6.45, 7) is 0.224. The van der Waals surface area contributed by atoms with Gasteiger partial charge in [0.2, 0.25) is 10.0 Å². The van der Waals surface area contributed by atoms with Crippen molar-refractivity contribution in [2.45, 2.75) is 11.3 Å². The zero-order chi connectivity index (χ0) is 21.8. The number of fused-ring (bicyclic) bond motifs is 1. The summed E-state index contributed by atoms with van der Waals surface area (Å²) < 4.78 is 39.0. The Bertz CT molecular complexity index is 1300. The van der Waals surface area contributed by atoms with Crippen molar-refractivity contribution in [3.8, 4) is 22.9 Å². The molecule has 0 spiro atoms. The van der Waals surface area contributed by atoms with Gasteiger partial charge in [-0.15, -0.1) is 0 Å². The monoisotopic (exact) mass is 437 g/mol. The van der Waals surface area contributed by atoms with Crippen LogP contribution in [0.1, 0.15) is 5.56 Å². The van der Waals surface area contributed by atoms with E-state index in [2.05, 4.69) is 14.7 Å². The first-order valence-electron chi connectivity index (χ1n) is 9.76. The average molecular weight is 438 g/mol. The van der Waals surface area contributed by atoms with Gasteiger partial charge >= 0.3 is 0 Å². The molecule has 160 valence electrons. The fraction of sp³-hybridized carbons (Fsp3) is 0.174. The first kappa shape index (κ1) is 20.9. The van der Waals surface area contributed by atoms with Crippen LogP contribution < -0.4 is 14.2 Å². The van der Waals surface area contributed by atoms with Crippen LogP contribution in [0.25, 0.3) is 22.4 Å². The number of hydrogen-bond donors (Lipinski definition) is 2. The van der Waals surface area contributed by atoms with E-state index in [1.807, 2.05) is 42.5 Å². The van der Waals surface area contributed by atoms with Crippen molar-refractivity contribution in [2.24, 2.45) is 0 Å². The van der Waals surface area contributed by atoms with E-state index < -0.39 is 10.0 Å². The molecular weight excluding hydrogens is 414 g/mol. The smallest absolute Gasteiger partial charge is 0.240 e. The van der Waals surface area contributed by atoms with Gasteiger partial charge in [-0.3, -0.25) is 0 Å². The van der Waals surface area contributed by atoms with Crippen molar-refractivity contribution in [3.05, 3.63) is 72.3 Å². The molecule has 4 aromatic rings. The zero-order valence-corrected chi connectivity index (χ0v) is 18.1. The number of nitrogens with zero attached hydrogens (tertiary/aromatic N) is 1. The van der Waals surface area contributed by atoms with Crippen LogP contribution in [-0.2, 0) is 16.4 Å². The van der Waals surface area contributed by atoms with Crippen molar-refractivity contribution in [1.82, 2.24) is 14.7 Å². The topological polar surface area (TPSA) is 93.3 Å². The third kappa shape index (κ3) is 4.40. The van der Waals surface area contributed by atoms with Gasteiger partial charge in [0, 0.05) is 12.1 Å². The van der Waals surface area contributed by atoms with E-state index in [0.29, 0.717) is 34.8 Å². The van der Waals surface area contributed by atoms with Crippen LogP contribution in [0.2, 0.25) is 0 Å². The molecule has 2 N–H and O–H groups in total. The number of ether oxygens (including phenoxy) is 2. The van der Waals surface area contributed by atoms with Crippen LogP contribution in [0.5, 0.6) is 11.5 Å². The SMILES string of the molecule is COc1cccc(CCNS(=O)(=O)c2ccc3nc(-c4ccccc4)[nH]c3c2)c1OC. The molecule has 4 rings (SSSR count). The number of benzene rings is 3. The Labute approximate surface area is 181 Å². The molecule has 1 aromatic heterocycles. The second kappa shape index (κ2) is 8.79. The summed E-state index contributed by atoms with van der Waals surface area (Å²) in [7, 11) is -0.549. The molecule has 31 heavy (non-hydrogen) atoms. The number of nitrogens with one attached hydrogen (secondary N) is 2. The minimum absolute atomic E-state index is 0.181. The molecule has 1 heterocycles. The van der Waals surface area contributed by atoms with Crippen LogP contribution >= 0.6 is 0 Å². The molecule has 0 saturated heterocycles. The highest BCUT2D eigenvalue weighted by Gasteiger charge is 2.17. The second-order valence-corrected chi connectivity index (χ2v) is 8.70. The highest BCUT2D eigenvalue weighted by molar-refractivity contribution is 7.89. The summed E-state index contributed by atoms with van der Waals surface area (Å²) >= 11 is 0. The van der Waals surface area contributed by atoms with Gasteiger partial charge in [-0.05, 0) is 36.2 Å². The lowest BCUT2D eigenvalue weighted by Crippen LogP contribution is -2.26. The molecule has 0 aliphatic carbocycles. The lowest BCUT2D eigenvalue weighted by atomic mass is 10.1. The number of rotatable bonds is 8. The van der Waals surface area contributed by atoms with Crippen LogP contribution in [0.3, 0.4) is 0 Å². The van der Waals surface area contributed by atoms with Crippen LogP contribution in [0, 0.1) is 0 Å². The maximum atomic E-state index is 12.8. The molecule has 0 bridgehead atoms. The Kier molecular flexibility index (Phi) is 5.92. The summed E-state index contributed by atoms with van der Waals surface area (Å²) in [5.74, 6) is 1.92. The number of hydrogen-bond acceptors (Lipinski definition) is 5. The minimum atomic E-state index is -3.68. The summed E-state index contributed by atoms with van der Waals surface area (Å²) in [6, 6.07) is 20.1. The van der Waals surface area contributed by atoms with Crippen LogP contribution in [0.4, 0.5) is 0 Å². The van der Waals surface area contributed by atoms with Crippen molar-refractivity contribution in [1.29, 1.82) is 0 Å². The van der Waals surface area contributed by atoms with Crippen LogP contribution in [0.15, 0.2) is 71.6 Å². The highest BCUT2D eigenvalue weighted by Crippen LogP contribution is 2.31. The first-order chi connectivity index (χ1) is 15.0. The molecule has 0 radical (unpaired) electrons. The third-order valence-corrected chi connectivity index (χ3v) is 6.44. The highest BCUT2D eigenvalue weighted by atomic mass is 32.2. The van der Waals surface area contributed by atoms with E-state index in [0.717, 1.165) is 11.1 Å². The molecule has 0 aliphatic heterocycles. The van der Waals surface area contributed by atoms with Gasteiger partial charge in [0.05, 0.1) is 30.1 Å². The van der Waals surface area contributed by atoms with Crippen molar-refractivity contribution < 1.29 is 17.9 Å². The Balaban J connectivity index is 1.51. The van der Waals surface area contributed by atoms with E-state index in [-0.39, 0.29) is 11.4 Å². The number of methoxy groups -OCH3 is 2. The van der Waals surface area contributed by atoms with Gasteiger partial charge in [0.25, 0.3) is 0 Å². The summed E-state index contributed by atoms with van der Waals surface area (Å²) in [4.78, 5) is 7.93. The summed E-state index contributed by atoms with van der Waals surface area (Å²) in [5, 5.41) is 0. The van der Waals surface area contributed by atoms with Gasteiger partial charge in [-0.25, -0.2) is 18.1 Å². The number of H-pyrrole nitrogens is 1. The lowest BCUT2D eigenvalue weighted by Gasteiger charge is -2.13. The normalized spacial score (nSPS) is 11.5. The predicted molar refractivity (Wildman–Crippen MR) is 120 cm³/mol. The fourth-order valence-electron chi connectivity index (χ4n) is 3.44. The lowest BCUT2D eigenvalue weighted by molar-refractivity contribution is 0.351. The second-order valence-electron chi connectivity index (χ2n) is 6.93. The zero-order valence-electron chi connectivity index (χ0n) is 17.3. The Hall–Kier alpha value is -3.36. The molecule has 0 fully saturated rings. The first-order valence-corrected chi connectivity index (χ1v) is 11.2. The molecule has 0 aliphatic rings. The van der Waals surface area contributed by atoms with E-state index in [1.165, 1.54) is 0 Å². The minimum Gasteiger partial charge on any atom is -0.493 e. The Morgan fingerprint density at radius 3 is 2.52 bits per heavy atom. The van der Waals surface area contributed by atoms with Gasteiger partial charge in [0.1, 0.15) is 5.82 Å². The summed E-state index contributed by atoms with van der Waals surface area (Å²) in [5.41, 5.74) is 3.17. The van der Waals surface area contributed by atoms with Gasteiger partial charge in [-0.2, -0.15) is 0 Å².